The van der Waals surface area contributed by atoms with Gasteiger partial charge in [0.25, 0.3) is 5.69 Å². The van der Waals surface area contributed by atoms with Crippen molar-refractivity contribution in [3.63, 3.8) is 0 Å². The molecule has 20 heavy (non-hydrogen) atoms. The summed E-state index contributed by atoms with van der Waals surface area (Å²) in [7, 11) is 0. The number of H-pyrrole nitrogens is 1. The van der Waals surface area contributed by atoms with E-state index in [4.69, 9.17) is 12.2 Å². The zero-order valence-corrected chi connectivity index (χ0v) is 13.1. The van der Waals surface area contributed by atoms with Crippen LogP contribution in [0, 0.1) is 14.8 Å². The lowest BCUT2D eigenvalue weighted by atomic mass is 10.1. The highest BCUT2D eigenvalue weighted by Crippen LogP contribution is 2.28. The van der Waals surface area contributed by atoms with E-state index in [1.165, 1.54) is 6.07 Å². The first-order chi connectivity index (χ1) is 9.54. The number of aromatic amines is 1. The van der Waals surface area contributed by atoms with Gasteiger partial charge in [0.2, 0.25) is 0 Å². The maximum absolute atomic E-state index is 11.1. The number of nitro benzene ring substituents is 1. The van der Waals surface area contributed by atoms with Crippen LogP contribution in [0.3, 0.4) is 0 Å². The summed E-state index contributed by atoms with van der Waals surface area (Å²) in [4.78, 5) is 18.0. The van der Waals surface area contributed by atoms with Crippen LogP contribution in [-0.2, 0) is 6.42 Å². The van der Waals surface area contributed by atoms with E-state index < -0.39 is 4.92 Å². The molecular formula is C13H12BrN3O2S. The zero-order valence-electron chi connectivity index (χ0n) is 10.7. The fraction of sp³-hybridized carbons (Fsp3) is 0.231. The molecule has 0 aliphatic rings. The van der Waals surface area contributed by atoms with Gasteiger partial charge >= 0.3 is 0 Å². The summed E-state index contributed by atoms with van der Waals surface area (Å²) in [5, 5.41) is 11.1. The summed E-state index contributed by atoms with van der Waals surface area (Å²) in [6, 6.07) is 6.48. The molecule has 0 aliphatic carbocycles. The average Bonchev–Trinajstić information content (AvgIpc) is 2.43. The highest BCUT2D eigenvalue weighted by molar-refractivity contribution is 9.10. The van der Waals surface area contributed by atoms with Crippen molar-refractivity contribution in [2.75, 3.05) is 0 Å². The number of nitrogens with zero attached hydrogens (tertiary/aromatic N) is 2. The van der Waals surface area contributed by atoms with Crippen LogP contribution in [0.5, 0.6) is 0 Å². The second-order valence-electron chi connectivity index (χ2n) is 4.21. The SMILES string of the molecule is CCCc1[nH]c(-c2ccccc2[N+](=O)[O-])nc(=S)c1Br. The Hall–Kier alpha value is -1.60. The molecule has 7 heteroatoms. The van der Waals surface area contributed by atoms with Crippen molar-refractivity contribution in [1.29, 1.82) is 0 Å². The molecule has 1 aromatic carbocycles. The van der Waals surface area contributed by atoms with Crippen LogP contribution in [0.1, 0.15) is 19.0 Å². The molecule has 0 radical (unpaired) electrons. The van der Waals surface area contributed by atoms with Gasteiger partial charge in [0, 0.05) is 11.8 Å². The zero-order chi connectivity index (χ0) is 14.7. The molecule has 0 fully saturated rings. The number of aromatic nitrogens is 2. The molecule has 0 atom stereocenters. The van der Waals surface area contributed by atoms with Gasteiger partial charge in [0.05, 0.1) is 15.0 Å². The van der Waals surface area contributed by atoms with Crippen molar-refractivity contribution in [2.24, 2.45) is 0 Å². The lowest BCUT2D eigenvalue weighted by Crippen LogP contribution is -2.00. The number of hydrogen-bond acceptors (Lipinski definition) is 4. The first-order valence-electron chi connectivity index (χ1n) is 6.07. The smallest absolute Gasteiger partial charge is 0.280 e. The van der Waals surface area contributed by atoms with Gasteiger partial charge < -0.3 is 4.98 Å². The maximum atomic E-state index is 11.1. The monoisotopic (exact) mass is 353 g/mol. The number of halogens is 1. The van der Waals surface area contributed by atoms with Crippen LogP contribution >= 0.6 is 28.1 Å². The number of aryl methyl sites for hydroxylation is 1. The number of benzene rings is 1. The molecule has 0 saturated heterocycles. The van der Waals surface area contributed by atoms with Crippen LogP contribution in [-0.4, -0.2) is 14.9 Å². The quantitative estimate of drug-likeness (QED) is 0.501. The second kappa shape index (κ2) is 6.23. The minimum atomic E-state index is -0.421. The van der Waals surface area contributed by atoms with Crippen molar-refractivity contribution < 1.29 is 4.92 Å². The molecular weight excluding hydrogens is 342 g/mol. The standard InChI is InChI=1S/C13H12BrN3O2S/c1-2-5-9-11(14)13(20)16-12(15-9)8-6-3-4-7-10(8)17(18)19/h3-4,6-7H,2,5H2,1H3,(H,15,16,20). The summed E-state index contributed by atoms with van der Waals surface area (Å²) in [6.45, 7) is 2.05. The van der Waals surface area contributed by atoms with Crippen LogP contribution in [0.2, 0.25) is 0 Å². The van der Waals surface area contributed by atoms with E-state index in [0.29, 0.717) is 16.0 Å². The third kappa shape index (κ3) is 2.94. The molecule has 0 aliphatic heterocycles. The van der Waals surface area contributed by atoms with Crippen LogP contribution in [0.25, 0.3) is 11.4 Å². The van der Waals surface area contributed by atoms with Gasteiger partial charge in [-0.2, -0.15) is 0 Å². The van der Waals surface area contributed by atoms with Crippen molar-refractivity contribution in [3.8, 4) is 11.4 Å². The second-order valence-corrected chi connectivity index (χ2v) is 5.39. The lowest BCUT2D eigenvalue weighted by molar-refractivity contribution is -0.384. The molecule has 2 rings (SSSR count). The average molecular weight is 354 g/mol. The molecule has 0 amide bonds. The first-order valence-corrected chi connectivity index (χ1v) is 7.27. The fourth-order valence-electron chi connectivity index (χ4n) is 1.89. The Balaban J connectivity index is 2.65. The summed E-state index contributed by atoms with van der Waals surface area (Å²) in [5.41, 5.74) is 1.35. The van der Waals surface area contributed by atoms with Gasteiger partial charge in [-0.3, -0.25) is 10.1 Å². The van der Waals surface area contributed by atoms with Gasteiger partial charge in [-0.25, -0.2) is 4.98 Å². The predicted octanol–water partition coefficient (Wildman–Crippen LogP) is 4.43. The maximum Gasteiger partial charge on any atom is 0.280 e. The number of hydrogen-bond donors (Lipinski definition) is 1. The van der Waals surface area contributed by atoms with E-state index in [2.05, 4.69) is 25.9 Å². The van der Waals surface area contributed by atoms with E-state index in [0.717, 1.165) is 23.0 Å². The lowest BCUT2D eigenvalue weighted by Gasteiger charge is -2.08. The Bertz CT molecular complexity index is 715. The Labute approximate surface area is 129 Å². The minimum Gasteiger partial charge on any atom is -0.342 e. The third-order valence-corrected chi connectivity index (χ3v) is 4.20. The molecule has 2 aromatic rings. The van der Waals surface area contributed by atoms with Gasteiger partial charge in [-0.1, -0.05) is 37.7 Å². The highest BCUT2D eigenvalue weighted by atomic mass is 79.9. The van der Waals surface area contributed by atoms with Crippen molar-refractivity contribution in [1.82, 2.24) is 9.97 Å². The summed E-state index contributed by atoms with van der Waals surface area (Å²) >= 11 is 8.61. The van der Waals surface area contributed by atoms with Crippen LogP contribution < -0.4 is 0 Å². The summed E-state index contributed by atoms with van der Waals surface area (Å²) < 4.78 is 1.15. The Morgan fingerprint density at radius 2 is 2.15 bits per heavy atom. The van der Waals surface area contributed by atoms with Crippen molar-refractivity contribution in [2.45, 2.75) is 19.8 Å². The molecule has 0 spiro atoms. The van der Waals surface area contributed by atoms with E-state index in [1.807, 2.05) is 6.92 Å². The number of rotatable bonds is 4. The fourth-order valence-corrected chi connectivity index (χ4v) is 2.49. The van der Waals surface area contributed by atoms with Crippen molar-refractivity contribution >= 4 is 33.8 Å². The topological polar surface area (TPSA) is 71.8 Å². The van der Waals surface area contributed by atoms with Crippen LogP contribution in [0.15, 0.2) is 28.7 Å². The normalized spacial score (nSPS) is 10.5. The van der Waals surface area contributed by atoms with Crippen molar-refractivity contribution in [3.05, 3.63) is 49.2 Å². The molecule has 1 aromatic heterocycles. The highest BCUT2D eigenvalue weighted by Gasteiger charge is 2.17. The molecule has 5 nitrogen and oxygen atoms in total. The minimum absolute atomic E-state index is 0.00965. The van der Waals surface area contributed by atoms with E-state index >= 15 is 0 Å². The van der Waals surface area contributed by atoms with E-state index in [-0.39, 0.29) is 5.69 Å². The van der Waals surface area contributed by atoms with Gasteiger partial charge in [-0.05, 0) is 28.4 Å². The predicted molar refractivity (Wildman–Crippen MR) is 83.2 cm³/mol. The number of nitrogens with one attached hydrogen (secondary N) is 1. The Kier molecular flexibility index (Phi) is 4.61. The molecule has 1 heterocycles. The Morgan fingerprint density at radius 3 is 2.80 bits per heavy atom. The number of para-hydroxylation sites is 1. The van der Waals surface area contributed by atoms with E-state index in [9.17, 15) is 10.1 Å². The first kappa shape index (κ1) is 14.8. The molecule has 0 bridgehead atoms. The van der Waals surface area contributed by atoms with Crippen LogP contribution in [0.4, 0.5) is 5.69 Å². The molecule has 1 N–H and O–H groups in total. The summed E-state index contributed by atoms with van der Waals surface area (Å²) in [5.74, 6) is 0.425. The largest absolute Gasteiger partial charge is 0.342 e. The number of nitro groups is 1. The molecule has 0 saturated carbocycles. The summed E-state index contributed by atoms with van der Waals surface area (Å²) in [6.07, 6.45) is 1.73. The van der Waals surface area contributed by atoms with Gasteiger partial charge in [-0.15, -0.1) is 0 Å². The van der Waals surface area contributed by atoms with E-state index in [1.54, 1.807) is 18.2 Å². The Morgan fingerprint density at radius 1 is 1.45 bits per heavy atom. The molecule has 0 unspecified atom stereocenters. The van der Waals surface area contributed by atoms with Gasteiger partial charge in [0.1, 0.15) is 10.5 Å². The molecule has 104 valence electrons. The van der Waals surface area contributed by atoms with Gasteiger partial charge in [0.15, 0.2) is 0 Å². The third-order valence-electron chi connectivity index (χ3n) is 2.79.